The maximum absolute atomic E-state index is 11.5. The minimum Gasteiger partial charge on any atom is -0.481 e. The molecule has 0 saturated carbocycles. The van der Waals surface area contributed by atoms with Crippen LogP contribution in [0.25, 0.3) is 0 Å². The quantitative estimate of drug-likeness (QED) is 0.791. The standard InChI is InChI=1S/C11H13N3O3/c15-10-5-8(11(16)17)6-14(10)4-2-9-1-3-12-7-13-9/h1,3,7-8H,2,4-6H2,(H,16,17). The molecule has 1 amide bonds. The van der Waals surface area contributed by atoms with Gasteiger partial charge in [-0.3, -0.25) is 9.59 Å². The third-order valence-corrected chi connectivity index (χ3v) is 2.84. The third kappa shape index (κ3) is 2.77. The van der Waals surface area contributed by atoms with Crippen molar-refractivity contribution in [3.8, 4) is 0 Å². The summed E-state index contributed by atoms with van der Waals surface area (Å²) in [5.74, 6) is -1.55. The Morgan fingerprint density at radius 1 is 1.59 bits per heavy atom. The fraction of sp³-hybridized carbons (Fsp3) is 0.455. The van der Waals surface area contributed by atoms with Crippen molar-refractivity contribution >= 4 is 11.9 Å². The first kappa shape index (κ1) is 11.5. The van der Waals surface area contributed by atoms with E-state index in [1.807, 2.05) is 0 Å². The highest BCUT2D eigenvalue weighted by molar-refractivity contribution is 5.86. The highest BCUT2D eigenvalue weighted by Gasteiger charge is 2.33. The molecule has 6 heteroatoms. The molecule has 1 saturated heterocycles. The smallest absolute Gasteiger partial charge is 0.308 e. The van der Waals surface area contributed by atoms with Crippen LogP contribution in [0.5, 0.6) is 0 Å². The summed E-state index contributed by atoms with van der Waals surface area (Å²) in [5.41, 5.74) is 0.853. The number of carboxylic acids is 1. The van der Waals surface area contributed by atoms with E-state index in [0.29, 0.717) is 19.5 Å². The summed E-state index contributed by atoms with van der Waals surface area (Å²) in [6.45, 7) is 0.818. The molecule has 1 aromatic heterocycles. The van der Waals surface area contributed by atoms with E-state index in [1.54, 1.807) is 17.2 Å². The zero-order valence-electron chi connectivity index (χ0n) is 9.24. The van der Waals surface area contributed by atoms with E-state index >= 15 is 0 Å². The second-order valence-corrected chi connectivity index (χ2v) is 4.03. The number of hydrogen-bond donors (Lipinski definition) is 1. The van der Waals surface area contributed by atoms with Crippen LogP contribution in [0.4, 0.5) is 0 Å². The molecule has 2 heterocycles. The second kappa shape index (κ2) is 4.90. The average Bonchev–Trinajstić information content (AvgIpc) is 2.70. The van der Waals surface area contributed by atoms with Gasteiger partial charge in [0.05, 0.1) is 5.92 Å². The third-order valence-electron chi connectivity index (χ3n) is 2.84. The van der Waals surface area contributed by atoms with Gasteiger partial charge in [-0.15, -0.1) is 0 Å². The number of rotatable bonds is 4. The molecule has 1 aliphatic rings. The van der Waals surface area contributed by atoms with Crippen LogP contribution in [-0.4, -0.2) is 44.9 Å². The summed E-state index contributed by atoms with van der Waals surface area (Å²) in [6, 6.07) is 1.79. The molecule has 0 bridgehead atoms. The first-order valence-corrected chi connectivity index (χ1v) is 5.42. The summed E-state index contributed by atoms with van der Waals surface area (Å²) in [7, 11) is 0. The lowest BCUT2D eigenvalue weighted by atomic mass is 10.1. The minimum atomic E-state index is -0.900. The van der Waals surface area contributed by atoms with Crippen LogP contribution in [0.2, 0.25) is 0 Å². The molecule has 1 atom stereocenters. The van der Waals surface area contributed by atoms with Gasteiger partial charge in [-0.1, -0.05) is 0 Å². The van der Waals surface area contributed by atoms with E-state index in [2.05, 4.69) is 9.97 Å². The monoisotopic (exact) mass is 235 g/mol. The molecular weight excluding hydrogens is 222 g/mol. The Hall–Kier alpha value is -1.98. The summed E-state index contributed by atoms with van der Waals surface area (Å²) in [4.78, 5) is 31.8. The highest BCUT2D eigenvalue weighted by atomic mass is 16.4. The van der Waals surface area contributed by atoms with Gasteiger partial charge in [0, 0.05) is 37.8 Å². The van der Waals surface area contributed by atoms with Gasteiger partial charge in [0.25, 0.3) is 0 Å². The van der Waals surface area contributed by atoms with E-state index in [-0.39, 0.29) is 12.3 Å². The van der Waals surface area contributed by atoms with Crippen LogP contribution in [0.1, 0.15) is 12.1 Å². The molecular formula is C11H13N3O3. The van der Waals surface area contributed by atoms with Crippen LogP contribution >= 0.6 is 0 Å². The van der Waals surface area contributed by atoms with Crippen molar-refractivity contribution in [1.29, 1.82) is 0 Å². The van der Waals surface area contributed by atoms with E-state index in [9.17, 15) is 9.59 Å². The maximum atomic E-state index is 11.5. The molecule has 6 nitrogen and oxygen atoms in total. The van der Waals surface area contributed by atoms with Crippen molar-refractivity contribution in [1.82, 2.24) is 14.9 Å². The van der Waals surface area contributed by atoms with Crippen LogP contribution in [0, 0.1) is 5.92 Å². The largest absolute Gasteiger partial charge is 0.481 e. The molecule has 2 rings (SSSR count). The van der Waals surface area contributed by atoms with Gasteiger partial charge in [0.1, 0.15) is 6.33 Å². The first-order chi connectivity index (χ1) is 8.16. The van der Waals surface area contributed by atoms with Gasteiger partial charge in [-0.05, 0) is 6.07 Å². The predicted molar refractivity (Wildman–Crippen MR) is 58.1 cm³/mol. The fourth-order valence-corrected chi connectivity index (χ4v) is 1.87. The number of aromatic nitrogens is 2. The van der Waals surface area contributed by atoms with Crippen LogP contribution < -0.4 is 0 Å². The van der Waals surface area contributed by atoms with Gasteiger partial charge in [-0.25, -0.2) is 9.97 Å². The van der Waals surface area contributed by atoms with Gasteiger partial charge < -0.3 is 10.0 Å². The molecule has 90 valence electrons. The summed E-state index contributed by atoms with van der Waals surface area (Å²) in [5, 5.41) is 8.83. The van der Waals surface area contributed by atoms with Gasteiger partial charge in [0.15, 0.2) is 0 Å². The first-order valence-electron chi connectivity index (χ1n) is 5.42. The fourth-order valence-electron chi connectivity index (χ4n) is 1.87. The Balaban J connectivity index is 1.88. The number of amides is 1. The van der Waals surface area contributed by atoms with Crippen molar-refractivity contribution in [3.05, 3.63) is 24.3 Å². The second-order valence-electron chi connectivity index (χ2n) is 4.03. The summed E-state index contributed by atoms with van der Waals surface area (Å²) >= 11 is 0. The lowest BCUT2D eigenvalue weighted by molar-refractivity contribution is -0.141. The van der Waals surface area contributed by atoms with Gasteiger partial charge in [0.2, 0.25) is 5.91 Å². The van der Waals surface area contributed by atoms with Crippen molar-refractivity contribution in [2.24, 2.45) is 5.92 Å². The molecule has 1 N–H and O–H groups in total. The number of nitrogens with zero attached hydrogens (tertiary/aromatic N) is 3. The van der Waals surface area contributed by atoms with Gasteiger partial charge >= 0.3 is 5.97 Å². The molecule has 1 aromatic rings. The van der Waals surface area contributed by atoms with Crippen molar-refractivity contribution in [3.63, 3.8) is 0 Å². The molecule has 17 heavy (non-hydrogen) atoms. The molecule has 0 spiro atoms. The number of hydrogen-bond acceptors (Lipinski definition) is 4. The number of carboxylic acid groups (broad SMARTS) is 1. The molecule has 1 unspecified atom stereocenters. The maximum Gasteiger partial charge on any atom is 0.308 e. The Bertz CT molecular complexity index is 421. The Morgan fingerprint density at radius 3 is 3.00 bits per heavy atom. The van der Waals surface area contributed by atoms with Crippen molar-refractivity contribution in [2.45, 2.75) is 12.8 Å². The molecule has 1 fully saturated rings. The Morgan fingerprint density at radius 2 is 2.41 bits per heavy atom. The number of carbonyl (C=O) groups excluding carboxylic acids is 1. The highest BCUT2D eigenvalue weighted by Crippen LogP contribution is 2.17. The zero-order valence-corrected chi connectivity index (χ0v) is 9.24. The average molecular weight is 235 g/mol. The number of aliphatic carboxylic acids is 1. The van der Waals surface area contributed by atoms with Crippen molar-refractivity contribution in [2.75, 3.05) is 13.1 Å². The van der Waals surface area contributed by atoms with E-state index in [0.717, 1.165) is 5.69 Å². The lowest BCUT2D eigenvalue weighted by Crippen LogP contribution is -2.28. The zero-order chi connectivity index (χ0) is 12.3. The Kier molecular flexibility index (Phi) is 3.32. The Labute approximate surface area is 98.3 Å². The molecule has 1 aliphatic heterocycles. The van der Waals surface area contributed by atoms with Gasteiger partial charge in [-0.2, -0.15) is 0 Å². The molecule has 0 aromatic carbocycles. The van der Waals surface area contributed by atoms with Crippen LogP contribution in [0.3, 0.4) is 0 Å². The summed E-state index contributed by atoms with van der Waals surface area (Å²) < 4.78 is 0. The predicted octanol–water partition coefficient (Wildman–Crippen LogP) is -0.0478. The SMILES string of the molecule is O=C(O)C1CC(=O)N(CCc2ccncn2)C1. The normalized spacial score (nSPS) is 19.6. The number of carbonyl (C=O) groups is 2. The van der Waals surface area contributed by atoms with Crippen LogP contribution in [-0.2, 0) is 16.0 Å². The van der Waals surface area contributed by atoms with Crippen molar-refractivity contribution < 1.29 is 14.7 Å². The van der Waals surface area contributed by atoms with E-state index in [1.165, 1.54) is 6.33 Å². The minimum absolute atomic E-state index is 0.0912. The molecule has 0 aliphatic carbocycles. The number of likely N-dealkylation sites (tertiary alicyclic amines) is 1. The summed E-state index contributed by atoms with van der Waals surface area (Å²) in [6.07, 6.45) is 3.84. The molecule has 0 radical (unpaired) electrons. The van der Waals surface area contributed by atoms with E-state index < -0.39 is 11.9 Å². The van der Waals surface area contributed by atoms with Crippen LogP contribution in [0.15, 0.2) is 18.6 Å². The van der Waals surface area contributed by atoms with E-state index in [4.69, 9.17) is 5.11 Å². The lowest BCUT2D eigenvalue weighted by Gasteiger charge is -2.15. The topological polar surface area (TPSA) is 83.4 Å².